The van der Waals surface area contributed by atoms with E-state index >= 15 is 0 Å². The number of thiophene rings is 1. The molecule has 34 heavy (non-hydrogen) atoms. The average molecular weight is 487 g/mol. The van der Waals surface area contributed by atoms with Gasteiger partial charge < -0.3 is 24.4 Å². The molecular weight excluding hydrogens is 456 g/mol. The molecule has 1 atom stereocenters. The molecule has 9 nitrogen and oxygen atoms in total. The van der Waals surface area contributed by atoms with Gasteiger partial charge in [-0.05, 0) is 49.9 Å². The topological polar surface area (TPSA) is 92.7 Å². The number of urea groups is 1. The maximum Gasteiger partial charge on any atom is 0.318 e. The number of amides is 3. The van der Waals surface area contributed by atoms with E-state index in [4.69, 9.17) is 19.3 Å². The molecule has 0 saturated carbocycles. The largest absolute Gasteiger partial charge is 0.454 e. The van der Waals surface area contributed by atoms with Crippen LogP contribution < -0.4 is 14.8 Å². The van der Waals surface area contributed by atoms with Crippen LogP contribution in [0.4, 0.5) is 4.79 Å². The van der Waals surface area contributed by atoms with Crippen molar-refractivity contribution < 1.29 is 23.8 Å². The number of methoxy groups -OCH3 is 1. The Balaban J connectivity index is 1.59. The molecule has 2 aliphatic rings. The van der Waals surface area contributed by atoms with Crippen molar-refractivity contribution in [1.82, 2.24) is 15.2 Å². The molecule has 0 spiro atoms. The molecule has 1 aromatic heterocycles. The summed E-state index contributed by atoms with van der Waals surface area (Å²) in [4.78, 5) is 28.9. The first-order valence-electron chi connectivity index (χ1n) is 11.1. The minimum atomic E-state index is -0.432. The lowest BCUT2D eigenvalue weighted by Gasteiger charge is -2.30. The average Bonchev–Trinajstić information content (AvgIpc) is 3.54. The number of nitrogens with one attached hydrogen (secondary N) is 1. The molecular formula is C24H30N4O5S. The van der Waals surface area contributed by atoms with Gasteiger partial charge in [0.1, 0.15) is 6.54 Å². The molecule has 0 aliphatic carbocycles. The Morgan fingerprint density at radius 3 is 2.76 bits per heavy atom. The first-order valence-corrected chi connectivity index (χ1v) is 12.0. The van der Waals surface area contributed by atoms with Crippen molar-refractivity contribution in [2.75, 3.05) is 33.6 Å². The zero-order valence-corrected chi connectivity index (χ0v) is 20.7. The maximum absolute atomic E-state index is 13.5. The Kier molecular flexibility index (Phi) is 7.08. The molecule has 0 saturated heterocycles. The molecule has 3 amide bonds. The molecule has 4 rings (SSSR count). The number of benzene rings is 1. The molecule has 2 aliphatic heterocycles. The van der Waals surface area contributed by atoms with Crippen molar-refractivity contribution >= 4 is 29.0 Å². The summed E-state index contributed by atoms with van der Waals surface area (Å²) in [6, 6.07) is 9.01. The molecule has 0 radical (unpaired) electrons. The van der Waals surface area contributed by atoms with Gasteiger partial charge in [0.15, 0.2) is 11.5 Å². The molecule has 182 valence electrons. The zero-order valence-electron chi connectivity index (χ0n) is 19.9. The normalized spacial score (nSPS) is 17.0. The predicted molar refractivity (Wildman–Crippen MR) is 129 cm³/mol. The van der Waals surface area contributed by atoms with Crippen LogP contribution >= 0.6 is 11.3 Å². The minimum Gasteiger partial charge on any atom is -0.454 e. The van der Waals surface area contributed by atoms with Gasteiger partial charge in [-0.3, -0.25) is 4.79 Å². The van der Waals surface area contributed by atoms with Gasteiger partial charge >= 0.3 is 6.03 Å². The second-order valence-corrected chi connectivity index (χ2v) is 10.1. The Hall–Kier alpha value is -3.11. The summed E-state index contributed by atoms with van der Waals surface area (Å²) in [5, 5.41) is 11.1. The Morgan fingerprint density at radius 2 is 2.06 bits per heavy atom. The summed E-state index contributed by atoms with van der Waals surface area (Å²) < 4.78 is 16.1. The quantitative estimate of drug-likeness (QED) is 0.646. The van der Waals surface area contributed by atoms with E-state index in [1.165, 1.54) is 9.91 Å². The van der Waals surface area contributed by atoms with Gasteiger partial charge in [-0.1, -0.05) is 12.1 Å². The lowest BCUT2D eigenvalue weighted by molar-refractivity contribution is -0.133. The summed E-state index contributed by atoms with van der Waals surface area (Å²) in [5.41, 5.74) is 1.31. The maximum atomic E-state index is 13.5. The highest BCUT2D eigenvalue weighted by atomic mass is 32.1. The van der Waals surface area contributed by atoms with Gasteiger partial charge in [-0.25, -0.2) is 9.80 Å². The van der Waals surface area contributed by atoms with Gasteiger partial charge in [-0.15, -0.1) is 11.3 Å². The van der Waals surface area contributed by atoms with Crippen LogP contribution in [0.15, 0.2) is 40.8 Å². The smallest absolute Gasteiger partial charge is 0.318 e. The molecule has 2 aromatic rings. The highest BCUT2D eigenvalue weighted by molar-refractivity contribution is 7.12. The molecule has 0 bridgehead atoms. The molecule has 1 unspecified atom stereocenters. The summed E-state index contributed by atoms with van der Waals surface area (Å²) in [7, 11) is 1.56. The fraction of sp³-hybridized carbons (Fsp3) is 0.458. The summed E-state index contributed by atoms with van der Waals surface area (Å²) >= 11 is 1.58. The standard InChI is InChI=1S/C24H30N4O5S/c1-24(2,3)25-23(30)27(9-10-31-4)14-22(29)28-18(13-17(26-28)21-6-5-11-34-21)16-7-8-19-20(12-16)33-15-32-19/h5-8,11-12,18H,9-10,13-15H2,1-4H3,(H,25,30). The van der Waals surface area contributed by atoms with Crippen LogP contribution in [-0.4, -0.2) is 66.7 Å². The number of carbonyl (C=O) groups is 2. The van der Waals surface area contributed by atoms with Crippen molar-refractivity contribution in [3.63, 3.8) is 0 Å². The highest BCUT2D eigenvalue weighted by Crippen LogP contribution is 2.39. The Labute approximate surface area is 203 Å². The van der Waals surface area contributed by atoms with E-state index in [2.05, 4.69) is 5.32 Å². The first kappa shape index (κ1) is 24.0. The van der Waals surface area contributed by atoms with E-state index < -0.39 is 5.54 Å². The van der Waals surface area contributed by atoms with Gasteiger partial charge in [0, 0.05) is 25.6 Å². The number of rotatable bonds is 7. The van der Waals surface area contributed by atoms with Crippen LogP contribution in [0.2, 0.25) is 0 Å². The minimum absolute atomic E-state index is 0.118. The fourth-order valence-corrected chi connectivity index (χ4v) is 4.52. The van der Waals surface area contributed by atoms with Crippen LogP contribution in [0.5, 0.6) is 11.5 Å². The zero-order chi connectivity index (χ0) is 24.3. The first-order chi connectivity index (χ1) is 16.2. The summed E-state index contributed by atoms with van der Waals surface area (Å²) in [5.74, 6) is 1.07. The fourth-order valence-electron chi connectivity index (χ4n) is 3.80. The Morgan fingerprint density at radius 1 is 1.26 bits per heavy atom. The molecule has 3 heterocycles. The number of ether oxygens (including phenoxy) is 3. The van der Waals surface area contributed by atoms with Gasteiger partial charge in [-0.2, -0.15) is 5.10 Å². The number of hydrazone groups is 1. The summed E-state index contributed by atoms with van der Waals surface area (Å²) in [6.45, 7) is 6.36. The van der Waals surface area contributed by atoms with Gasteiger partial charge in [0.25, 0.3) is 5.91 Å². The van der Waals surface area contributed by atoms with Crippen molar-refractivity contribution in [2.24, 2.45) is 5.10 Å². The third-order valence-electron chi connectivity index (χ3n) is 5.41. The molecule has 10 heteroatoms. The van der Waals surface area contributed by atoms with E-state index in [-0.39, 0.29) is 37.9 Å². The van der Waals surface area contributed by atoms with Gasteiger partial charge in [0.2, 0.25) is 6.79 Å². The second-order valence-electron chi connectivity index (χ2n) is 9.19. The lowest BCUT2D eigenvalue weighted by atomic mass is 10.0. The number of hydrogen-bond donors (Lipinski definition) is 1. The van der Waals surface area contributed by atoms with Crippen LogP contribution in [0.1, 0.15) is 43.7 Å². The molecule has 0 fully saturated rings. The number of hydrogen-bond acceptors (Lipinski definition) is 7. The highest BCUT2D eigenvalue weighted by Gasteiger charge is 2.35. The third kappa shape index (κ3) is 5.51. The van der Waals surface area contributed by atoms with Crippen LogP contribution in [0.3, 0.4) is 0 Å². The van der Waals surface area contributed by atoms with Crippen molar-refractivity contribution in [3.8, 4) is 11.5 Å². The van der Waals surface area contributed by atoms with E-state index in [1.807, 2.05) is 56.5 Å². The Bertz CT molecular complexity index is 1060. The molecule has 1 aromatic carbocycles. The van der Waals surface area contributed by atoms with Crippen LogP contribution in [-0.2, 0) is 9.53 Å². The number of nitrogens with zero attached hydrogens (tertiary/aromatic N) is 3. The van der Waals surface area contributed by atoms with E-state index in [0.717, 1.165) is 16.2 Å². The number of carbonyl (C=O) groups excluding carboxylic acids is 2. The van der Waals surface area contributed by atoms with Crippen molar-refractivity contribution in [2.45, 2.75) is 38.8 Å². The van der Waals surface area contributed by atoms with Gasteiger partial charge in [0.05, 0.1) is 23.2 Å². The monoisotopic (exact) mass is 486 g/mol. The van der Waals surface area contributed by atoms with E-state index in [1.54, 1.807) is 18.4 Å². The van der Waals surface area contributed by atoms with Crippen LogP contribution in [0, 0.1) is 0 Å². The number of fused-ring (bicyclic) bond motifs is 1. The molecule has 1 N–H and O–H groups in total. The van der Waals surface area contributed by atoms with Crippen molar-refractivity contribution in [1.29, 1.82) is 0 Å². The van der Waals surface area contributed by atoms with Crippen molar-refractivity contribution in [3.05, 3.63) is 46.2 Å². The predicted octanol–water partition coefficient (Wildman–Crippen LogP) is 3.61. The van der Waals surface area contributed by atoms with Crippen LogP contribution in [0.25, 0.3) is 0 Å². The summed E-state index contributed by atoms with van der Waals surface area (Å²) in [6.07, 6.45) is 0.568. The SMILES string of the molecule is COCCN(CC(=O)N1N=C(c2cccs2)CC1c1ccc2c(c1)OCO2)C(=O)NC(C)(C)C. The second kappa shape index (κ2) is 10.0. The van der Waals surface area contributed by atoms with E-state index in [0.29, 0.717) is 24.5 Å². The lowest BCUT2D eigenvalue weighted by Crippen LogP contribution is -2.52. The third-order valence-corrected chi connectivity index (χ3v) is 6.33. The van der Waals surface area contributed by atoms with E-state index in [9.17, 15) is 9.59 Å².